The molecule has 122 valence electrons. The van der Waals surface area contributed by atoms with Crippen LogP contribution in [0.5, 0.6) is 5.75 Å². The van der Waals surface area contributed by atoms with Crippen LogP contribution in [0.1, 0.15) is 29.6 Å². The van der Waals surface area contributed by atoms with Crippen LogP contribution in [-0.4, -0.2) is 43.5 Å². The highest BCUT2D eigenvalue weighted by Gasteiger charge is 2.20. The van der Waals surface area contributed by atoms with Gasteiger partial charge >= 0.3 is 0 Å². The van der Waals surface area contributed by atoms with Gasteiger partial charge in [0.25, 0.3) is 5.91 Å². The van der Waals surface area contributed by atoms with Crippen molar-refractivity contribution in [2.24, 2.45) is 5.73 Å². The Morgan fingerprint density at radius 1 is 1.32 bits per heavy atom. The second-order valence-corrected chi connectivity index (χ2v) is 5.00. The summed E-state index contributed by atoms with van der Waals surface area (Å²) in [5, 5.41) is 2.73. The van der Waals surface area contributed by atoms with E-state index >= 15 is 0 Å². The number of ether oxygens (including phenoxy) is 1. The van der Waals surface area contributed by atoms with Crippen molar-refractivity contribution in [1.29, 1.82) is 0 Å². The molecule has 1 aliphatic heterocycles. The van der Waals surface area contributed by atoms with E-state index in [2.05, 4.69) is 5.32 Å². The number of methoxy groups -OCH3 is 1. The number of nitrogens with zero attached hydrogens (tertiary/aromatic N) is 1. The molecule has 1 aromatic rings. The maximum Gasteiger partial charge on any atom is 0.253 e. The summed E-state index contributed by atoms with van der Waals surface area (Å²) in [5.41, 5.74) is 6.42. The fraction of sp³-hybridized carbons (Fsp3) is 0.467. The highest BCUT2D eigenvalue weighted by molar-refractivity contribution is 5.98. The van der Waals surface area contributed by atoms with Crippen molar-refractivity contribution in [2.75, 3.05) is 32.1 Å². The van der Waals surface area contributed by atoms with Crippen molar-refractivity contribution in [2.45, 2.75) is 19.3 Å². The predicted molar refractivity (Wildman–Crippen MR) is 87.7 cm³/mol. The normalized spacial score (nSPS) is 13.5. The minimum atomic E-state index is -0.193. The Labute approximate surface area is 136 Å². The summed E-state index contributed by atoms with van der Waals surface area (Å²) in [6.45, 7) is 1.86. The number of nitrogens with one attached hydrogen (secondary N) is 1. The Morgan fingerprint density at radius 3 is 2.59 bits per heavy atom. The lowest BCUT2D eigenvalue weighted by Crippen LogP contribution is -2.27. The van der Waals surface area contributed by atoms with Gasteiger partial charge in [-0.1, -0.05) is 0 Å². The van der Waals surface area contributed by atoms with Crippen molar-refractivity contribution in [1.82, 2.24) is 4.90 Å². The lowest BCUT2D eigenvalue weighted by atomic mass is 10.1. The molecule has 0 aromatic heterocycles. The fourth-order valence-electron chi connectivity index (χ4n) is 2.39. The van der Waals surface area contributed by atoms with Crippen molar-refractivity contribution >= 4 is 29.9 Å². The zero-order valence-electron chi connectivity index (χ0n) is 12.6. The molecule has 0 atom stereocenters. The van der Waals surface area contributed by atoms with Crippen molar-refractivity contribution in [3.05, 3.63) is 23.8 Å². The van der Waals surface area contributed by atoms with Gasteiger partial charge in [0.15, 0.2) is 0 Å². The molecule has 1 saturated heterocycles. The van der Waals surface area contributed by atoms with Gasteiger partial charge in [-0.3, -0.25) is 9.59 Å². The molecule has 0 aliphatic carbocycles. The molecule has 0 saturated carbocycles. The number of rotatable bonds is 5. The Balaban J connectivity index is 0.00000242. The van der Waals surface area contributed by atoms with Gasteiger partial charge in [0.2, 0.25) is 5.91 Å². The van der Waals surface area contributed by atoms with Gasteiger partial charge in [-0.15, -0.1) is 12.4 Å². The molecule has 0 radical (unpaired) electrons. The van der Waals surface area contributed by atoms with Gasteiger partial charge in [0.1, 0.15) is 5.75 Å². The fourth-order valence-corrected chi connectivity index (χ4v) is 2.39. The van der Waals surface area contributed by atoms with Crippen LogP contribution >= 0.6 is 12.4 Å². The lowest BCUT2D eigenvalue weighted by molar-refractivity contribution is -0.116. The zero-order valence-corrected chi connectivity index (χ0v) is 13.4. The molecule has 2 rings (SSSR count). The molecule has 22 heavy (non-hydrogen) atoms. The number of carbonyl (C=O) groups excluding carboxylic acids is 2. The van der Waals surface area contributed by atoms with E-state index in [1.807, 2.05) is 4.90 Å². The van der Waals surface area contributed by atoms with Crippen LogP contribution in [-0.2, 0) is 4.79 Å². The molecule has 1 heterocycles. The molecule has 0 spiro atoms. The molecule has 1 fully saturated rings. The van der Waals surface area contributed by atoms with Crippen molar-refractivity contribution < 1.29 is 14.3 Å². The van der Waals surface area contributed by atoms with Gasteiger partial charge in [-0.2, -0.15) is 0 Å². The molecular formula is C15H22ClN3O3. The molecular weight excluding hydrogens is 306 g/mol. The summed E-state index contributed by atoms with van der Waals surface area (Å²) >= 11 is 0. The summed E-state index contributed by atoms with van der Waals surface area (Å²) in [5.74, 6) is 0.324. The highest BCUT2D eigenvalue weighted by atomic mass is 35.5. The van der Waals surface area contributed by atoms with Crippen LogP contribution < -0.4 is 15.8 Å². The van der Waals surface area contributed by atoms with Crippen molar-refractivity contribution in [3.63, 3.8) is 0 Å². The van der Waals surface area contributed by atoms with Crippen LogP contribution in [0, 0.1) is 0 Å². The minimum absolute atomic E-state index is 0. The Kier molecular flexibility index (Phi) is 7.14. The van der Waals surface area contributed by atoms with E-state index in [9.17, 15) is 9.59 Å². The van der Waals surface area contributed by atoms with Crippen LogP contribution in [0.4, 0.5) is 5.69 Å². The van der Waals surface area contributed by atoms with Crippen LogP contribution in [0.2, 0.25) is 0 Å². The first kappa shape index (κ1) is 18.3. The molecule has 3 N–H and O–H groups in total. The highest BCUT2D eigenvalue weighted by Crippen LogP contribution is 2.26. The molecule has 7 heteroatoms. The lowest BCUT2D eigenvalue weighted by Gasteiger charge is -2.17. The zero-order chi connectivity index (χ0) is 15.2. The molecule has 1 aromatic carbocycles. The van der Waals surface area contributed by atoms with Gasteiger partial charge in [-0.25, -0.2) is 0 Å². The standard InChI is InChI=1S/C15H21N3O3.ClH/c1-21-13-5-4-11(15(20)18-8-2-3-9-18)10-12(13)17-14(19)6-7-16;/h4-5,10H,2-3,6-9,16H2,1H3,(H,17,19);1H. The van der Waals surface area contributed by atoms with Crippen LogP contribution in [0.25, 0.3) is 0 Å². The van der Waals surface area contributed by atoms with Gasteiger partial charge in [0.05, 0.1) is 12.8 Å². The molecule has 0 bridgehead atoms. The Hall–Kier alpha value is -1.79. The quantitative estimate of drug-likeness (QED) is 0.861. The average molecular weight is 328 g/mol. The number of amides is 2. The number of halogens is 1. The number of nitrogens with two attached hydrogens (primary N) is 1. The maximum absolute atomic E-state index is 12.4. The first-order chi connectivity index (χ1) is 10.2. The summed E-state index contributed by atoms with van der Waals surface area (Å²) < 4.78 is 5.21. The third kappa shape index (κ3) is 4.35. The van der Waals surface area contributed by atoms with Gasteiger partial charge in [-0.05, 0) is 31.0 Å². The first-order valence-electron chi connectivity index (χ1n) is 7.13. The van der Waals surface area contributed by atoms with Crippen LogP contribution in [0.3, 0.4) is 0 Å². The second kappa shape index (κ2) is 8.60. The third-order valence-corrected chi connectivity index (χ3v) is 3.49. The van der Waals surface area contributed by atoms with E-state index in [4.69, 9.17) is 10.5 Å². The second-order valence-electron chi connectivity index (χ2n) is 5.00. The van der Waals surface area contributed by atoms with E-state index in [1.54, 1.807) is 18.2 Å². The largest absolute Gasteiger partial charge is 0.495 e. The van der Waals surface area contributed by atoms with E-state index in [0.29, 0.717) is 17.0 Å². The SMILES string of the molecule is COc1ccc(C(=O)N2CCCC2)cc1NC(=O)CCN.Cl. The van der Waals surface area contributed by atoms with Crippen molar-refractivity contribution in [3.8, 4) is 5.75 Å². The van der Waals surface area contributed by atoms with E-state index < -0.39 is 0 Å². The summed E-state index contributed by atoms with van der Waals surface area (Å²) in [7, 11) is 1.52. The van der Waals surface area contributed by atoms with Gasteiger partial charge in [0, 0.05) is 31.6 Å². The average Bonchev–Trinajstić information content (AvgIpc) is 3.01. The summed E-state index contributed by atoms with van der Waals surface area (Å²) in [6.07, 6.45) is 2.32. The number of benzene rings is 1. The summed E-state index contributed by atoms with van der Waals surface area (Å²) in [4.78, 5) is 25.9. The third-order valence-electron chi connectivity index (χ3n) is 3.49. The number of carbonyl (C=O) groups is 2. The van der Waals surface area contributed by atoms with E-state index in [-0.39, 0.29) is 37.2 Å². The first-order valence-corrected chi connectivity index (χ1v) is 7.13. The monoisotopic (exact) mass is 327 g/mol. The Bertz CT molecular complexity index is 531. The molecule has 0 unspecified atom stereocenters. The summed E-state index contributed by atoms with van der Waals surface area (Å²) in [6, 6.07) is 5.08. The number of anilines is 1. The van der Waals surface area contributed by atoms with Gasteiger partial charge < -0.3 is 20.7 Å². The smallest absolute Gasteiger partial charge is 0.253 e. The number of hydrogen-bond donors (Lipinski definition) is 2. The van der Waals surface area contributed by atoms with E-state index in [0.717, 1.165) is 25.9 Å². The molecule has 6 nitrogen and oxygen atoms in total. The predicted octanol–water partition coefficient (Wildman–Crippen LogP) is 1.64. The molecule has 1 aliphatic rings. The topological polar surface area (TPSA) is 84.7 Å². The number of hydrogen-bond acceptors (Lipinski definition) is 4. The minimum Gasteiger partial charge on any atom is -0.495 e. The number of likely N-dealkylation sites (tertiary alicyclic amines) is 1. The van der Waals surface area contributed by atoms with Crippen LogP contribution in [0.15, 0.2) is 18.2 Å². The molecule has 2 amide bonds. The van der Waals surface area contributed by atoms with E-state index in [1.165, 1.54) is 7.11 Å². The Morgan fingerprint density at radius 2 is 2.00 bits per heavy atom. The maximum atomic E-state index is 12.4.